The van der Waals surface area contributed by atoms with E-state index in [0.717, 1.165) is 5.69 Å². The molecule has 6 heteroatoms. The number of nitriles is 1. The minimum atomic E-state index is -3.44. The molecule has 0 unspecified atom stereocenters. The Balaban J connectivity index is 1.75. The van der Waals surface area contributed by atoms with Gasteiger partial charge in [0.2, 0.25) is 10.0 Å². The minimum absolute atomic E-state index is 0.325. The Morgan fingerprint density at radius 3 is 2.13 bits per heavy atom. The van der Waals surface area contributed by atoms with E-state index in [0.29, 0.717) is 36.6 Å². The van der Waals surface area contributed by atoms with Crippen LogP contribution in [0.4, 0.5) is 5.69 Å². The van der Waals surface area contributed by atoms with Crippen LogP contribution in [0.5, 0.6) is 0 Å². The van der Waals surface area contributed by atoms with Gasteiger partial charge in [-0.05, 0) is 24.3 Å². The molecule has 0 bridgehead atoms. The molecule has 23 heavy (non-hydrogen) atoms. The number of hydrogen-bond acceptors (Lipinski definition) is 4. The summed E-state index contributed by atoms with van der Waals surface area (Å²) in [4.78, 5) is 2.39. The van der Waals surface area contributed by atoms with E-state index in [-0.39, 0.29) is 0 Å². The number of rotatable bonds is 3. The summed E-state index contributed by atoms with van der Waals surface area (Å²) in [5.41, 5.74) is 1.48. The first-order valence-electron chi connectivity index (χ1n) is 7.42. The Bertz CT molecular complexity index is 820. The third kappa shape index (κ3) is 3.07. The number of hydrogen-bond donors (Lipinski definition) is 0. The normalized spacial score (nSPS) is 16.0. The lowest BCUT2D eigenvalue weighted by atomic mass is 10.1. The highest BCUT2D eigenvalue weighted by molar-refractivity contribution is 7.89. The number of para-hydroxylation sites is 1. The average Bonchev–Trinajstić information content (AvgIpc) is 2.62. The molecule has 118 valence electrons. The molecule has 3 rings (SSSR count). The topological polar surface area (TPSA) is 64.4 Å². The molecule has 0 atom stereocenters. The van der Waals surface area contributed by atoms with Crippen LogP contribution in [0.2, 0.25) is 0 Å². The monoisotopic (exact) mass is 327 g/mol. The van der Waals surface area contributed by atoms with E-state index in [1.165, 1.54) is 4.31 Å². The van der Waals surface area contributed by atoms with Crippen molar-refractivity contribution in [3.05, 3.63) is 60.2 Å². The quantitative estimate of drug-likeness (QED) is 0.866. The lowest BCUT2D eigenvalue weighted by Gasteiger charge is -2.35. The largest absolute Gasteiger partial charge is 0.368 e. The molecule has 2 aromatic rings. The van der Waals surface area contributed by atoms with Crippen molar-refractivity contribution >= 4 is 15.7 Å². The Kier molecular flexibility index (Phi) is 4.33. The Labute approximate surface area is 136 Å². The lowest BCUT2D eigenvalue weighted by Crippen LogP contribution is -2.48. The molecule has 1 heterocycles. The first kappa shape index (κ1) is 15.5. The highest BCUT2D eigenvalue weighted by atomic mass is 32.2. The van der Waals surface area contributed by atoms with E-state index in [1.54, 1.807) is 36.4 Å². The van der Waals surface area contributed by atoms with E-state index < -0.39 is 10.0 Å². The smallest absolute Gasteiger partial charge is 0.243 e. The van der Waals surface area contributed by atoms with E-state index >= 15 is 0 Å². The van der Waals surface area contributed by atoms with Crippen LogP contribution in [0.15, 0.2) is 59.5 Å². The van der Waals surface area contributed by atoms with Gasteiger partial charge in [-0.1, -0.05) is 30.3 Å². The summed E-state index contributed by atoms with van der Waals surface area (Å²) in [5, 5.41) is 9.20. The van der Waals surface area contributed by atoms with Gasteiger partial charge < -0.3 is 4.90 Å². The van der Waals surface area contributed by atoms with Crippen molar-refractivity contribution in [1.82, 2.24) is 4.31 Å². The highest BCUT2D eigenvalue weighted by Gasteiger charge is 2.28. The van der Waals surface area contributed by atoms with Crippen LogP contribution in [-0.4, -0.2) is 38.9 Å². The fourth-order valence-corrected chi connectivity index (χ4v) is 4.20. The number of piperazine rings is 1. The number of nitrogens with zero attached hydrogens (tertiary/aromatic N) is 3. The summed E-state index contributed by atoms with van der Waals surface area (Å²) in [6.45, 7) is 1.98. The molecular weight excluding hydrogens is 310 g/mol. The molecule has 5 nitrogen and oxygen atoms in total. The highest BCUT2D eigenvalue weighted by Crippen LogP contribution is 2.23. The Morgan fingerprint density at radius 1 is 0.870 bits per heavy atom. The van der Waals surface area contributed by atoms with Crippen LogP contribution in [-0.2, 0) is 10.0 Å². The van der Waals surface area contributed by atoms with Crippen LogP contribution in [0.25, 0.3) is 0 Å². The second-order valence-electron chi connectivity index (χ2n) is 5.33. The standard InChI is InChI=1S/C17H17N3O2S/c18-14-15-6-4-5-9-17(15)19-10-12-20(13-11-19)23(21,22)16-7-2-1-3-8-16/h1-9H,10-13H2. The first-order chi connectivity index (χ1) is 11.1. The molecule has 0 N–H and O–H groups in total. The van der Waals surface area contributed by atoms with Gasteiger partial charge in [0.25, 0.3) is 0 Å². The summed E-state index contributed by atoms with van der Waals surface area (Å²) in [6.07, 6.45) is 0. The fraction of sp³-hybridized carbons (Fsp3) is 0.235. The van der Waals surface area contributed by atoms with Gasteiger partial charge in [0.05, 0.1) is 16.1 Å². The molecule has 0 amide bonds. The molecule has 0 saturated carbocycles. The van der Waals surface area contributed by atoms with Crippen LogP contribution >= 0.6 is 0 Å². The molecule has 1 aliphatic rings. The van der Waals surface area contributed by atoms with Crippen molar-refractivity contribution in [1.29, 1.82) is 5.26 Å². The van der Waals surface area contributed by atoms with Crippen LogP contribution in [0.1, 0.15) is 5.56 Å². The van der Waals surface area contributed by atoms with Gasteiger partial charge in [-0.25, -0.2) is 8.42 Å². The summed E-state index contributed by atoms with van der Waals surface area (Å²) in [6, 6.07) is 18.1. The van der Waals surface area contributed by atoms with Crippen molar-refractivity contribution < 1.29 is 8.42 Å². The summed E-state index contributed by atoms with van der Waals surface area (Å²) >= 11 is 0. The molecule has 0 spiro atoms. The van der Waals surface area contributed by atoms with E-state index in [1.807, 2.05) is 18.2 Å². The summed E-state index contributed by atoms with van der Waals surface area (Å²) < 4.78 is 26.7. The van der Waals surface area contributed by atoms with Gasteiger partial charge in [0.1, 0.15) is 6.07 Å². The van der Waals surface area contributed by atoms with E-state index in [2.05, 4.69) is 11.0 Å². The molecule has 2 aromatic carbocycles. The van der Waals surface area contributed by atoms with Gasteiger partial charge in [-0.15, -0.1) is 0 Å². The Hall–Kier alpha value is -2.36. The molecule has 0 aromatic heterocycles. The second-order valence-corrected chi connectivity index (χ2v) is 7.27. The van der Waals surface area contributed by atoms with Crippen LogP contribution in [0, 0.1) is 11.3 Å². The van der Waals surface area contributed by atoms with Crippen molar-refractivity contribution in [2.75, 3.05) is 31.1 Å². The molecule has 1 aliphatic heterocycles. The van der Waals surface area contributed by atoms with Crippen molar-refractivity contribution in [2.24, 2.45) is 0 Å². The van der Waals surface area contributed by atoms with Crippen molar-refractivity contribution in [3.63, 3.8) is 0 Å². The Morgan fingerprint density at radius 2 is 1.48 bits per heavy atom. The van der Waals surface area contributed by atoms with Crippen LogP contribution in [0.3, 0.4) is 0 Å². The van der Waals surface area contributed by atoms with Crippen LogP contribution < -0.4 is 4.90 Å². The first-order valence-corrected chi connectivity index (χ1v) is 8.86. The second kappa shape index (κ2) is 6.41. The van der Waals surface area contributed by atoms with E-state index in [4.69, 9.17) is 0 Å². The SMILES string of the molecule is N#Cc1ccccc1N1CCN(S(=O)(=O)c2ccccc2)CC1. The number of sulfonamides is 1. The van der Waals surface area contributed by atoms with E-state index in [9.17, 15) is 13.7 Å². The molecule has 0 radical (unpaired) electrons. The molecule has 1 saturated heterocycles. The lowest BCUT2D eigenvalue weighted by molar-refractivity contribution is 0.385. The number of anilines is 1. The zero-order chi connectivity index (χ0) is 16.3. The van der Waals surface area contributed by atoms with Gasteiger partial charge in [0, 0.05) is 26.2 Å². The fourth-order valence-electron chi connectivity index (χ4n) is 2.75. The minimum Gasteiger partial charge on any atom is -0.368 e. The van der Waals surface area contributed by atoms with Gasteiger partial charge in [-0.3, -0.25) is 0 Å². The zero-order valence-electron chi connectivity index (χ0n) is 12.6. The molecule has 1 fully saturated rings. The van der Waals surface area contributed by atoms with Gasteiger partial charge >= 0.3 is 0 Å². The maximum absolute atomic E-state index is 12.6. The number of benzene rings is 2. The average molecular weight is 327 g/mol. The summed E-state index contributed by atoms with van der Waals surface area (Å²) in [5.74, 6) is 0. The van der Waals surface area contributed by atoms with Gasteiger partial charge in [-0.2, -0.15) is 9.57 Å². The van der Waals surface area contributed by atoms with Gasteiger partial charge in [0.15, 0.2) is 0 Å². The molecular formula is C17H17N3O2S. The van der Waals surface area contributed by atoms with Crippen molar-refractivity contribution in [2.45, 2.75) is 4.90 Å². The third-order valence-corrected chi connectivity index (χ3v) is 5.90. The predicted octanol–water partition coefficient (Wildman–Crippen LogP) is 2.07. The molecule has 0 aliphatic carbocycles. The summed E-state index contributed by atoms with van der Waals surface area (Å²) in [7, 11) is -3.44. The zero-order valence-corrected chi connectivity index (χ0v) is 13.4. The van der Waals surface area contributed by atoms with Crippen molar-refractivity contribution in [3.8, 4) is 6.07 Å². The predicted molar refractivity (Wildman–Crippen MR) is 88.6 cm³/mol. The third-order valence-electron chi connectivity index (χ3n) is 3.98. The maximum atomic E-state index is 12.6. The maximum Gasteiger partial charge on any atom is 0.243 e.